The molecule has 3 nitrogen and oxygen atoms in total. The summed E-state index contributed by atoms with van der Waals surface area (Å²) in [6.45, 7) is 0.914. The molecule has 0 saturated carbocycles. The molecule has 0 aliphatic carbocycles. The highest BCUT2D eigenvalue weighted by Crippen LogP contribution is 2.20. The fraction of sp³-hybridized carbons (Fsp3) is 0.562. The Balaban J connectivity index is 1.87. The van der Waals surface area contributed by atoms with Gasteiger partial charge >= 0.3 is 0 Å². The van der Waals surface area contributed by atoms with Gasteiger partial charge in [-0.2, -0.15) is 0 Å². The summed E-state index contributed by atoms with van der Waals surface area (Å²) in [4.78, 5) is 14.4. The summed E-state index contributed by atoms with van der Waals surface area (Å²) in [5.74, 6) is 1.14. The number of nitrogens with zero attached hydrogens (tertiary/aromatic N) is 1. The fourth-order valence-electron chi connectivity index (χ4n) is 2.68. The van der Waals surface area contributed by atoms with Crippen molar-refractivity contribution in [2.24, 2.45) is 0 Å². The van der Waals surface area contributed by atoms with Gasteiger partial charge in [0.2, 0.25) is 5.91 Å². The Morgan fingerprint density at radius 3 is 2.75 bits per heavy atom. The molecule has 110 valence electrons. The van der Waals surface area contributed by atoms with E-state index in [0.717, 1.165) is 36.9 Å². The molecule has 20 heavy (non-hydrogen) atoms. The van der Waals surface area contributed by atoms with Gasteiger partial charge in [0.25, 0.3) is 0 Å². The number of piperidine rings is 1. The highest BCUT2D eigenvalue weighted by molar-refractivity contribution is 9.09. The van der Waals surface area contributed by atoms with Crippen molar-refractivity contribution < 1.29 is 9.53 Å². The van der Waals surface area contributed by atoms with Crippen molar-refractivity contribution in [2.75, 3.05) is 19.0 Å². The number of alkyl halides is 1. The van der Waals surface area contributed by atoms with Crippen molar-refractivity contribution in [3.05, 3.63) is 29.8 Å². The zero-order valence-corrected chi connectivity index (χ0v) is 13.6. The number of carbonyl (C=O) groups is 1. The number of likely N-dealkylation sites (tertiary alicyclic amines) is 1. The van der Waals surface area contributed by atoms with Crippen LogP contribution in [0.1, 0.15) is 31.2 Å². The number of ether oxygens (including phenoxy) is 1. The van der Waals surface area contributed by atoms with Crippen LogP contribution in [0.2, 0.25) is 0 Å². The fourth-order valence-corrected chi connectivity index (χ4v) is 3.35. The molecule has 1 aromatic rings. The highest BCUT2D eigenvalue weighted by Gasteiger charge is 2.25. The number of rotatable bonds is 5. The predicted molar refractivity (Wildman–Crippen MR) is 84.5 cm³/mol. The molecule has 0 bridgehead atoms. The van der Waals surface area contributed by atoms with E-state index >= 15 is 0 Å². The number of aryl methyl sites for hydroxylation is 1. The van der Waals surface area contributed by atoms with E-state index in [9.17, 15) is 4.79 Å². The number of amides is 1. The summed E-state index contributed by atoms with van der Waals surface area (Å²) in [7, 11) is 1.66. The smallest absolute Gasteiger partial charge is 0.223 e. The van der Waals surface area contributed by atoms with Crippen LogP contribution in [0, 0.1) is 0 Å². The molecule has 4 heteroatoms. The van der Waals surface area contributed by atoms with Gasteiger partial charge in [-0.25, -0.2) is 0 Å². The SMILES string of the molecule is COc1ccc(CCC(=O)N2CCCCC2CBr)cc1. The zero-order valence-electron chi connectivity index (χ0n) is 12.0. The third kappa shape index (κ3) is 3.98. The second kappa shape index (κ2) is 7.67. The van der Waals surface area contributed by atoms with Crippen LogP contribution in [-0.4, -0.2) is 35.8 Å². The number of hydrogen-bond acceptors (Lipinski definition) is 2. The molecule has 0 aromatic heterocycles. The van der Waals surface area contributed by atoms with Crippen molar-refractivity contribution in [1.29, 1.82) is 0 Å². The molecule has 1 fully saturated rings. The van der Waals surface area contributed by atoms with E-state index in [1.165, 1.54) is 12.0 Å². The molecule has 0 N–H and O–H groups in total. The van der Waals surface area contributed by atoms with Gasteiger partial charge < -0.3 is 9.64 Å². The quantitative estimate of drug-likeness (QED) is 0.769. The highest BCUT2D eigenvalue weighted by atomic mass is 79.9. The van der Waals surface area contributed by atoms with Crippen LogP contribution in [-0.2, 0) is 11.2 Å². The minimum Gasteiger partial charge on any atom is -0.497 e. The molecule has 1 aliphatic rings. The standard InChI is InChI=1S/C16H22BrNO2/c1-20-15-8-5-13(6-9-15)7-10-16(19)18-11-3-2-4-14(18)12-17/h5-6,8-9,14H,2-4,7,10-12H2,1H3. The lowest BCUT2D eigenvalue weighted by Gasteiger charge is -2.34. The van der Waals surface area contributed by atoms with Crippen LogP contribution in [0.3, 0.4) is 0 Å². The Hall–Kier alpha value is -1.03. The van der Waals surface area contributed by atoms with Crippen LogP contribution in [0.5, 0.6) is 5.75 Å². The Kier molecular flexibility index (Phi) is 5.89. The first-order valence-corrected chi connectivity index (χ1v) is 8.35. The van der Waals surface area contributed by atoms with Gasteiger partial charge in [-0.3, -0.25) is 4.79 Å². The van der Waals surface area contributed by atoms with E-state index in [2.05, 4.69) is 20.8 Å². The number of methoxy groups -OCH3 is 1. The number of halogens is 1. The monoisotopic (exact) mass is 339 g/mol. The predicted octanol–water partition coefficient (Wildman–Crippen LogP) is 3.40. The van der Waals surface area contributed by atoms with Crippen LogP contribution in [0.25, 0.3) is 0 Å². The zero-order chi connectivity index (χ0) is 14.4. The van der Waals surface area contributed by atoms with Gasteiger partial charge in [-0.1, -0.05) is 28.1 Å². The van der Waals surface area contributed by atoms with Crippen LogP contribution in [0.15, 0.2) is 24.3 Å². The molecule has 1 saturated heterocycles. The Morgan fingerprint density at radius 2 is 2.10 bits per heavy atom. The number of benzene rings is 1. The molecular formula is C16H22BrNO2. The lowest BCUT2D eigenvalue weighted by Crippen LogP contribution is -2.44. The van der Waals surface area contributed by atoms with Gasteiger partial charge in [0.1, 0.15) is 5.75 Å². The minimum atomic E-state index is 0.282. The molecule has 1 amide bonds. The van der Waals surface area contributed by atoms with Crippen molar-refractivity contribution in [1.82, 2.24) is 4.90 Å². The maximum atomic E-state index is 12.3. The van der Waals surface area contributed by atoms with E-state index in [1.54, 1.807) is 7.11 Å². The van der Waals surface area contributed by atoms with Gasteiger partial charge in [-0.05, 0) is 43.4 Å². The average Bonchev–Trinajstić information content (AvgIpc) is 2.53. The normalized spacial score (nSPS) is 18.9. The van der Waals surface area contributed by atoms with Crippen molar-refractivity contribution in [3.8, 4) is 5.75 Å². The van der Waals surface area contributed by atoms with Crippen molar-refractivity contribution in [3.63, 3.8) is 0 Å². The van der Waals surface area contributed by atoms with E-state index in [1.807, 2.05) is 24.3 Å². The molecule has 1 aromatic carbocycles. The maximum absolute atomic E-state index is 12.3. The van der Waals surface area contributed by atoms with Gasteiger partial charge in [0, 0.05) is 24.3 Å². The molecule has 0 radical (unpaired) electrons. The summed E-state index contributed by atoms with van der Waals surface area (Å²) in [6.07, 6.45) is 4.89. The van der Waals surface area contributed by atoms with Gasteiger partial charge in [0.15, 0.2) is 0 Å². The average molecular weight is 340 g/mol. The first-order chi connectivity index (χ1) is 9.74. The second-order valence-corrected chi connectivity index (χ2v) is 5.89. The molecule has 1 unspecified atom stereocenters. The lowest BCUT2D eigenvalue weighted by atomic mass is 10.0. The summed E-state index contributed by atoms with van der Waals surface area (Å²) in [5, 5.41) is 0.890. The lowest BCUT2D eigenvalue weighted by molar-refractivity contribution is -0.134. The Labute approximate surface area is 129 Å². The molecule has 0 spiro atoms. The van der Waals surface area contributed by atoms with E-state index in [-0.39, 0.29) is 5.91 Å². The van der Waals surface area contributed by atoms with E-state index < -0.39 is 0 Å². The van der Waals surface area contributed by atoms with Crippen LogP contribution < -0.4 is 4.74 Å². The number of hydrogen-bond donors (Lipinski definition) is 0. The van der Waals surface area contributed by atoms with Gasteiger partial charge in [-0.15, -0.1) is 0 Å². The summed E-state index contributed by atoms with van der Waals surface area (Å²) in [5.41, 5.74) is 1.19. The Morgan fingerprint density at radius 1 is 1.35 bits per heavy atom. The third-order valence-corrected chi connectivity index (χ3v) is 4.66. The van der Waals surface area contributed by atoms with Gasteiger partial charge in [0.05, 0.1) is 7.11 Å². The van der Waals surface area contributed by atoms with Crippen LogP contribution in [0.4, 0.5) is 0 Å². The Bertz CT molecular complexity index is 433. The third-order valence-electron chi connectivity index (χ3n) is 3.91. The van der Waals surface area contributed by atoms with Crippen LogP contribution >= 0.6 is 15.9 Å². The topological polar surface area (TPSA) is 29.5 Å². The summed E-state index contributed by atoms with van der Waals surface area (Å²) in [6, 6.07) is 8.34. The molecule has 1 heterocycles. The summed E-state index contributed by atoms with van der Waals surface area (Å²) >= 11 is 3.52. The number of carbonyl (C=O) groups excluding carboxylic acids is 1. The minimum absolute atomic E-state index is 0.282. The van der Waals surface area contributed by atoms with Crippen molar-refractivity contribution >= 4 is 21.8 Å². The van der Waals surface area contributed by atoms with Crippen molar-refractivity contribution in [2.45, 2.75) is 38.1 Å². The second-order valence-electron chi connectivity index (χ2n) is 5.24. The maximum Gasteiger partial charge on any atom is 0.223 e. The van der Waals surface area contributed by atoms with E-state index in [0.29, 0.717) is 12.5 Å². The molecule has 1 atom stereocenters. The first-order valence-electron chi connectivity index (χ1n) is 7.23. The summed E-state index contributed by atoms with van der Waals surface area (Å²) < 4.78 is 5.14. The molecular weight excluding hydrogens is 318 g/mol. The largest absolute Gasteiger partial charge is 0.497 e. The van der Waals surface area contributed by atoms with E-state index in [4.69, 9.17) is 4.74 Å². The molecule has 2 rings (SSSR count). The first kappa shape index (κ1) is 15.4. The molecule has 1 aliphatic heterocycles.